The van der Waals surface area contributed by atoms with Gasteiger partial charge >= 0.3 is 0 Å². The van der Waals surface area contributed by atoms with Gasteiger partial charge in [0.2, 0.25) is 3.79 Å². The number of rotatable bonds is 4. The summed E-state index contributed by atoms with van der Waals surface area (Å²) in [5.74, 6) is -0.382. The van der Waals surface area contributed by atoms with Crippen LogP contribution in [-0.4, -0.2) is 21.0 Å². The molecule has 1 amide bonds. The van der Waals surface area contributed by atoms with Crippen LogP contribution in [0.1, 0.15) is 21.5 Å². The smallest absolute Gasteiger partial charge is 0.252 e. The zero-order valence-corrected chi connectivity index (χ0v) is 19.7. The van der Waals surface area contributed by atoms with Crippen LogP contribution in [0, 0.1) is 17.4 Å². The molecule has 27 heavy (non-hydrogen) atoms. The second-order valence-electron chi connectivity index (χ2n) is 5.87. The van der Waals surface area contributed by atoms with Crippen molar-refractivity contribution >= 4 is 86.3 Å². The lowest BCUT2D eigenvalue weighted by Gasteiger charge is -2.28. The lowest BCUT2D eigenvalue weighted by atomic mass is 10.1. The molecule has 0 aliphatic heterocycles. The molecule has 1 unspecified atom stereocenters. The Morgan fingerprint density at radius 2 is 1.70 bits per heavy atom. The predicted molar refractivity (Wildman–Crippen MR) is 126 cm³/mol. The van der Waals surface area contributed by atoms with E-state index in [0.717, 1.165) is 20.4 Å². The number of thiocarbonyl (C=S) groups is 1. The number of hydrogen-bond donors (Lipinski definition) is 3. The highest BCUT2D eigenvalue weighted by Gasteiger charge is 2.34. The van der Waals surface area contributed by atoms with Crippen LogP contribution in [0.3, 0.4) is 0 Å². The van der Waals surface area contributed by atoms with E-state index in [4.69, 9.17) is 47.0 Å². The molecule has 0 saturated heterocycles. The van der Waals surface area contributed by atoms with E-state index in [1.165, 1.54) is 0 Å². The average molecular weight is 557 g/mol. The van der Waals surface area contributed by atoms with Gasteiger partial charge in [0.1, 0.15) is 6.17 Å². The minimum Gasteiger partial charge on any atom is -0.339 e. The van der Waals surface area contributed by atoms with E-state index in [1.807, 2.05) is 44.2 Å². The van der Waals surface area contributed by atoms with Crippen LogP contribution in [-0.2, 0) is 0 Å². The molecule has 0 spiro atoms. The Hall–Kier alpha value is -0.800. The van der Waals surface area contributed by atoms with Crippen molar-refractivity contribution in [2.75, 3.05) is 5.32 Å². The van der Waals surface area contributed by atoms with Gasteiger partial charge in [-0.1, -0.05) is 52.5 Å². The maximum absolute atomic E-state index is 12.5. The van der Waals surface area contributed by atoms with E-state index in [-0.39, 0.29) is 11.0 Å². The maximum Gasteiger partial charge on any atom is 0.252 e. The van der Waals surface area contributed by atoms with E-state index < -0.39 is 9.96 Å². The molecular weight excluding hydrogens is 540 g/mol. The Morgan fingerprint density at radius 3 is 2.26 bits per heavy atom. The van der Waals surface area contributed by atoms with Crippen LogP contribution in [0.2, 0.25) is 0 Å². The summed E-state index contributed by atoms with van der Waals surface area (Å²) in [5, 5.41) is 8.78. The molecule has 0 bridgehead atoms. The highest BCUT2D eigenvalue weighted by atomic mass is 127. The van der Waals surface area contributed by atoms with Crippen molar-refractivity contribution in [3.63, 3.8) is 0 Å². The van der Waals surface area contributed by atoms with Crippen LogP contribution in [0.4, 0.5) is 5.69 Å². The lowest BCUT2D eigenvalue weighted by molar-refractivity contribution is 0.0934. The average Bonchev–Trinajstić information content (AvgIpc) is 2.56. The number of nitrogens with one attached hydrogen (secondary N) is 3. The molecule has 0 saturated carbocycles. The summed E-state index contributed by atoms with van der Waals surface area (Å²) in [7, 11) is 0. The molecule has 3 N–H and O–H groups in total. The van der Waals surface area contributed by atoms with Crippen molar-refractivity contribution in [1.82, 2.24) is 10.6 Å². The van der Waals surface area contributed by atoms with Gasteiger partial charge in [0, 0.05) is 14.8 Å². The van der Waals surface area contributed by atoms with Crippen molar-refractivity contribution in [2.24, 2.45) is 0 Å². The molecule has 0 aromatic heterocycles. The molecule has 2 rings (SSSR count). The molecule has 0 aliphatic carbocycles. The molecule has 9 heteroatoms. The third-order valence-electron chi connectivity index (χ3n) is 3.63. The Kier molecular flexibility index (Phi) is 8.00. The molecule has 144 valence electrons. The first-order valence-corrected chi connectivity index (χ1v) is 10.5. The fourth-order valence-corrected chi connectivity index (χ4v) is 3.38. The second kappa shape index (κ2) is 9.60. The molecule has 0 aliphatic rings. The largest absolute Gasteiger partial charge is 0.339 e. The SMILES string of the molecule is Cc1ccc(C(=O)NC(NC(=S)Nc2ccc(I)cc2C)C(Cl)(Cl)Cl)cc1. The van der Waals surface area contributed by atoms with Crippen LogP contribution in [0.15, 0.2) is 42.5 Å². The number of benzene rings is 2. The normalized spacial score (nSPS) is 12.2. The number of amides is 1. The highest BCUT2D eigenvalue weighted by Crippen LogP contribution is 2.29. The van der Waals surface area contributed by atoms with Gasteiger partial charge in [0.15, 0.2) is 5.11 Å². The molecule has 0 radical (unpaired) electrons. The zero-order chi connectivity index (χ0) is 20.2. The molecule has 0 fully saturated rings. The predicted octanol–water partition coefficient (Wildman–Crippen LogP) is 5.32. The first-order valence-electron chi connectivity index (χ1n) is 7.84. The Labute approximate surface area is 192 Å². The summed E-state index contributed by atoms with van der Waals surface area (Å²) >= 11 is 25.6. The number of anilines is 1. The Bertz CT molecular complexity index is 841. The molecule has 0 heterocycles. The summed E-state index contributed by atoms with van der Waals surface area (Å²) < 4.78 is -0.702. The van der Waals surface area contributed by atoms with E-state index in [9.17, 15) is 4.79 Å². The maximum atomic E-state index is 12.5. The number of carbonyl (C=O) groups excluding carboxylic acids is 1. The highest BCUT2D eigenvalue weighted by molar-refractivity contribution is 14.1. The second-order valence-corrected chi connectivity index (χ2v) is 9.89. The number of aryl methyl sites for hydroxylation is 2. The van der Waals surface area contributed by atoms with Crippen molar-refractivity contribution in [3.8, 4) is 0 Å². The van der Waals surface area contributed by atoms with Gasteiger partial charge in [-0.2, -0.15) is 0 Å². The van der Waals surface area contributed by atoms with E-state index in [1.54, 1.807) is 12.1 Å². The van der Waals surface area contributed by atoms with Crippen molar-refractivity contribution < 1.29 is 4.79 Å². The van der Waals surface area contributed by atoms with Crippen LogP contribution >= 0.6 is 69.6 Å². The fourth-order valence-electron chi connectivity index (χ4n) is 2.18. The first-order chi connectivity index (χ1) is 12.6. The summed E-state index contributed by atoms with van der Waals surface area (Å²) in [4.78, 5) is 12.5. The molecule has 2 aromatic carbocycles. The van der Waals surface area contributed by atoms with Crippen LogP contribution < -0.4 is 16.0 Å². The summed E-state index contributed by atoms with van der Waals surface area (Å²) in [6.45, 7) is 3.89. The molecule has 4 nitrogen and oxygen atoms in total. The van der Waals surface area contributed by atoms with Gasteiger partial charge < -0.3 is 16.0 Å². The summed E-state index contributed by atoms with van der Waals surface area (Å²) in [5.41, 5.74) is 3.33. The van der Waals surface area contributed by atoms with Gasteiger partial charge in [-0.15, -0.1) is 0 Å². The topological polar surface area (TPSA) is 53.2 Å². The van der Waals surface area contributed by atoms with E-state index in [0.29, 0.717) is 5.56 Å². The van der Waals surface area contributed by atoms with E-state index in [2.05, 4.69) is 38.5 Å². The van der Waals surface area contributed by atoms with E-state index >= 15 is 0 Å². The number of carbonyl (C=O) groups is 1. The third kappa shape index (κ3) is 6.94. The van der Waals surface area contributed by atoms with Gasteiger partial charge in [0.25, 0.3) is 5.91 Å². The standard InChI is InChI=1S/C18H17Cl3IN3OS/c1-10-3-5-12(6-4-10)15(26)24-16(18(19,20)21)25-17(27)23-14-8-7-13(22)9-11(14)2/h3-9,16H,1-2H3,(H,24,26)(H2,23,25,27). The molecular formula is C18H17Cl3IN3OS. The quantitative estimate of drug-likeness (QED) is 0.207. The van der Waals surface area contributed by atoms with Gasteiger partial charge in [-0.05, 0) is 84.6 Å². The number of alkyl halides is 3. The Balaban J connectivity index is 2.08. The Morgan fingerprint density at radius 1 is 1.07 bits per heavy atom. The lowest BCUT2D eigenvalue weighted by Crippen LogP contribution is -2.56. The van der Waals surface area contributed by atoms with Crippen LogP contribution in [0.25, 0.3) is 0 Å². The van der Waals surface area contributed by atoms with Crippen molar-refractivity contribution in [3.05, 3.63) is 62.7 Å². The van der Waals surface area contributed by atoms with Gasteiger partial charge in [-0.3, -0.25) is 4.79 Å². The first kappa shape index (κ1) is 22.5. The monoisotopic (exact) mass is 555 g/mol. The van der Waals surface area contributed by atoms with Crippen molar-refractivity contribution in [1.29, 1.82) is 0 Å². The van der Waals surface area contributed by atoms with Gasteiger partial charge in [0.05, 0.1) is 0 Å². The third-order valence-corrected chi connectivity index (χ3v) is 5.17. The minimum absolute atomic E-state index is 0.222. The van der Waals surface area contributed by atoms with Crippen molar-refractivity contribution in [2.45, 2.75) is 23.8 Å². The summed E-state index contributed by atoms with van der Waals surface area (Å²) in [6, 6.07) is 12.9. The summed E-state index contributed by atoms with van der Waals surface area (Å²) in [6.07, 6.45) is -1.03. The molecule has 1 atom stereocenters. The van der Waals surface area contributed by atoms with Crippen LogP contribution in [0.5, 0.6) is 0 Å². The molecule has 2 aromatic rings. The van der Waals surface area contributed by atoms with Gasteiger partial charge in [-0.25, -0.2) is 0 Å². The minimum atomic E-state index is -1.81. The zero-order valence-electron chi connectivity index (χ0n) is 14.4. The number of halogens is 4. The number of hydrogen-bond acceptors (Lipinski definition) is 2. The fraction of sp³-hybridized carbons (Fsp3) is 0.222.